The van der Waals surface area contributed by atoms with Crippen molar-refractivity contribution in [2.24, 2.45) is 19.1 Å². The standard InChI is InChI=1S/C44H50ClFN10O7S/c1-26-27(2)64-43-37(26)38(30-8-10-31(45)11-9-30)51-33(40(48)56(43)28(3)47)24-36(58)50-17-19-62-21-23-63-22-20-61-18-16-49-35(57)15-14-34-52-39-41(53(4)44(60)54(5)42(39)59)55(34)25-29-6-12-32(46)13-7-29/h6-15,33,47-48H,16-25H2,1-5H3,(H,49,57)(H,50,58)/b15-14+,47-28?,48-40?/t33-/m0/s1. The van der Waals surface area contributed by atoms with Crippen molar-refractivity contribution in [1.82, 2.24) is 29.3 Å². The fraction of sp³-hybridized carbons (Fsp3) is 0.364. The van der Waals surface area contributed by atoms with Gasteiger partial charge in [0.25, 0.3) is 5.56 Å². The largest absolute Gasteiger partial charge is 0.377 e. The number of amidine groups is 2. The summed E-state index contributed by atoms with van der Waals surface area (Å²) in [5.41, 5.74) is 3.20. The number of ether oxygens (including phenoxy) is 3. The predicted molar refractivity (Wildman–Crippen MR) is 246 cm³/mol. The Bertz CT molecular complexity index is 2720. The summed E-state index contributed by atoms with van der Waals surface area (Å²) in [6.45, 7) is 7.87. The van der Waals surface area contributed by atoms with Crippen LogP contribution in [0.3, 0.4) is 0 Å². The number of carbonyl (C=O) groups excluding carboxylic acids is 2. The quantitative estimate of drug-likeness (QED) is 0.0401. The number of thiophene rings is 1. The average molecular weight is 917 g/mol. The molecule has 3 aromatic heterocycles. The number of hydrogen-bond donors (Lipinski definition) is 4. The zero-order valence-corrected chi connectivity index (χ0v) is 37.7. The van der Waals surface area contributed by atoms with Gasteiger partial charge in [0.1, 0.15) is 34.4 Å². The number of fused-ring (bicyclic) bond motifs is 2. The van der Waals surface area contributed by atoms with Gasteiger partial charge in [0.15, 0.2) is 11.2 Å². The van der Waals surface area contributed by atoms with Gasteiger partial charge in [-0.2, -0.15) is 0 Å². The molecule has 0 radical (unpaired) electrons. The molecule has 4 N–H and O–H groups in total. The lowest BCUT2D eigenvalue weighted by atomic mass is 9.99. The fourth-order valence-corrected chi connectivity index (χ4v) is 8.31. The van der Waals surface area contributed by atoms with Crippen LogP contribution in [0.4, 0.5) is 9.39 Å². The number of aliphatic imine (C=N–C) groups is 1. The first-order chi connectivity index (χ1) is 30.7. The highest BCUT2D eigenvalue weighted by Gasteiger charge is 2.35. The minimum absolute atomic E-state index is 0.0475. The van der Waals surface area contributed by atoms with Crippen molar-refractivity contribution in [3.8, 4) is 0 Å². The molecule has 0 unspecified atom stereocenters. The van der Waals surface area contributed by atoms with Gasteiger partial charge >= 0.3 is 5.69 Å². The molecule has 2 aromatic carbocycles. The summed E-state index contributed by atoms with van der Waals surface area (Å²) in [6.07, 6.45) is 2.62. The van der Waals surface area contributed by atoms with Crippen molar-refractivity contribution in [2.45, 2.75) is 39.8 Å². The lowest BCUT2D eigenvalue weighted by molar-refractivity contribution is -0.121. The Morgan fingerprint density at radius 2 is 1.55 bits per heavy atom. The first kappa shape index (κ1) is 47.4. The van der Waals surface area contributed by atoms with E-state index >= 15 is 0 Å². The lowest BCUT2D eigenvalue weighted by Crippen LogP contribution is -2.42. The van der Waals surface area contributed by atoms with Crippen LogP contribution in [0.2, 0.25) is 5.02 Å². The van der Waals surface area contributed by atoms with Crippen LogP contribution in [0.1, 0.15) is 46.3 Å². The highest BCUT2D eigenvalue weighted by Crippen LogP contribution is 2.40. The third-order valence-electron chi connectivity index (χ3n) is 10.3. The SMILES string of the molecule is CC(=N)N1C(=N)[C@H](CC(=O)NCCOCCOCCOCCNC(=O)/C=C/c2nc3c(=O)n(C)c(=O)n(C)c3n2Cc2ccc(F)cc2)N=C(c2ccc(Cl)cc2)c2c1sc(C)c2C. The Kier molecular flexibility index (Phi) is 15.9. The third kappa shape index (κ3) is 11.1. The molecule has 1 aliphatic rings. The molecule has 64 heavy (non-hydrogen) atoms. The van der Waals surface area contributed by atoms with Crippen LogP contribution in [0.15, 0.2) is 69.2 Å². The molecule has 4 heterocycles. The van der Waals surface area contributed by atoms with Gasteiger partial charge in [0, 0.05) is 54.3 Å². The van der Waals surface area contributed by atoms with Crippen LogP contribution < -0.4 is 26.8 Å². The molecule has 0 spiro atoms. The number of carbonyl (C=O) groups is 2. The van der Waals surface area contributed by atoms with Gasteiger partial charge < -0.3 is 29.4 Å². The predicted octanol–water partition coefficient (Wildman–Crippen LogP) is 4.34. The van der Waals surface area contributed by atoms with Gasteiger partial charge in [-0.25, -0.2) is 14.2 Å². The number of aromatic nitrogens is 4. The number of aryl methyl sites for hydroxylation is 2. The molecular formula is C44H50ClFN10O7S. The summed E-state index contributed by atoms with van der Waals surface area (Å²) >= 11 is 7.67. The summed E-state index contributed by atoms with van der Waals surface area (Å²) in [7, 11) is 2.89. The molecule has 0 bridgehead atoms. The van der Waals surface area contributed by atoms with Gasteiger partial charge in [0.05, 0.1) is 58.3 Å². The van der Waals surface area contributed by atoms with Gasteiger partial charge in [-0.3, -0.25) is 44.2 Å². The molecule has 20 heteroatoms. The van der Waals surface area contributed by atoms with E-state index in [9.17, 15) is 23.6 Å². The Morgan fingerprint density at radius 1 is 0.922 bits per heavy atom. The molecule has 1 aliphatic heterocycles. The molecule has 6 rings (SSSR count). The number of nitrogens with one attached hydrogen (secondary N) is 4. The zero-order chi connectivity index (χ0) is 46.1. The molecular weight excluding hydrogens is 867 g/mol. The Hall–Kier alpha value is -6.12. The van der Waals surface area contributed by atoms with E-state index < -0.39 is 29.0 Å². The van der Waals surface area contributed by atoms with Crippen LogP contribution in [-0.4, -0.2) is 107 Å². The summed E-state index contributed by atoms with van der Waals surface area (Å²) in [5.74, 6) is -0.667. The minimum atomic E-state index is -0.836. The third-order valence-corrected chi connectivity index (χ3v) is 11.8. The van der Waals surface area contributed by atoms with Gasteiger partial charge in [-0.15, -0.1) is 11.3 Å². The molecule has 0 aliphatic carbocycles. The monoisotopic (exact) mass is 916 g/mol. The maximum Gasteiger partial charge on any atom is 0.332 e. The van der Waals surface area contributed by atoms with Crippen LogP contribution in [-0.2, 0) is 44.4 Å². The summed E-state index contributed by atoms with van der Waals surface area (Å²) < 4.78 is 34.2. The van der Waals surface area contributed by atoms with E-state index in [1.165, 1.54) is 54.3 Å². The Labute approximate surface area is 377 Å². The van der Waals surface area contributed by atoms with Gasteiger partial charge in [-0.1, -0.05) is 35.9 Å². The van der Waals surface area contributed by atoms with E-state index in [1.807, 2.05) is 26.0 Å². The Morgan fingerprint density at radius 3 is 2.19 bits per heavy atom. The van der Waals surface area contributed by atoms with E-state index in [2.05, 4.69) is 15.6 Å². The van der Waals surface area contributed by atoms with E-state index in [0.717, 1.165) is 31.1 Å². The molecule has 0 fully saturated rings. The molecule has 2 amide bonds. The zero-order valence-electron chi connectivity index (χ0n) is 36.1. The number of halogens is 2. The van der Waals surface area contributed by atoms with Crippen LogP contribution in [0.5, 0.6) is 0 Å². The second-order valence-corrected chi connectivity index (χ2v) is 16.5. The smallest absolute Gasteiger partial charge is 0.332 e. The highest BCUT2D eigenvalue weighted by atomic mass is 35.5. The van der Waals surface area contributed by atoms with E-state index in [4.69, 9.17) is 41.6 Å². The first-order valence-corrected chi connectivity index (χ1v) is 21.6. The maximum absolute atomic E-state index is 13.6. The lowest BCUT2D eigenvalue weighted by Gasteiger charge is -2.24. The number of rotatable bonds is 19. The Balaban J connectivity index is 0.886. The molecule has 0 saturated heterocycles. The van der Waals surface area contributed by atoms with Crippen molar-refractivity contribution in [2.75, 3.05) is 57.6 Å². The van der Waals surface area contributed by atoms with Crippen molar-refractivity contribution in [3.63, 3.8) is 0 Å². The molecule has 338 valence electrons. The second kappa shape index (κ2) is 21.5. The number of amides is 2. The summed E-state index contributed by atoms with van der Waals surface area (Å²) in [5, 5.41) is 24.4. The normalized spacial score (nSPS) is 13.9. The minimum Gasteiger partial charge on any atom is -0.377 e. The number of anilines is 1. The summed E-state index contributed by atoms with van der Waals surface area (Å²) in [4.78, 5) is 63.3. The fourth-order valence-electron chi connectivity index (χ4n) is 6.96. The van der Waals surface area contributed by atoms with E-state index in [0.29, 0.717) is 29.5 Å². The number of imidazole rings is 1. The van der Waals surface area contributed by atoms with E-state index in [-0.39, 0.29) is 87.0 Å². The van der Waals surface area contributed by atoms with Crippen LogP contribution in [0, 0.1) is 30.5 Å². The van der Waals surface area contributed by atoms with Crippen LogP contribution >= 0.6 is 22.9 Å². The van der Waals surface area contributed by atoms with Gasteiger partial charge in [-0.05, 0) is 62.2 Å². The highest BCUT2D eigenvalue weighted by molar-refractivity contribution is 7.17. The number of nitrogens with zero attached hydrogens (tertiary/aromatic N) is 6. The molecule has 17 nitrogen and oxygen atoms in total. The average Bonchev–Trinajstić information content (AvgIpc) is 3.73. The van der Waals surface area contributed by atoms with Crippen molar-refractivity contribution in [3.05, 3.63) is 119 Å². The molecule has 1 atom stereocenters. The van der Waals surface area contributed by atoms with E-state index in [1.54, 1.807) is 40.7 Å². The molecule has 5 aromatic rings. The maximum atomic E-state index is 13.6. The number of benzene rings is 2. The van der Waals surface area contributed by atoms with Crippen molar-refractivity contribution < 1.29 is 28.2 Å². The van der Waals surface area contributed by atoms with Gasteiger partial charge in [0.2, 0.25) is 11.8 Å². The van der Waals surface area contributed by atoms with Crippen molar-refractivity contribution >= 4 is 74.4 Å². The first-order valence-electron chi connectivity index (χ1n) is 20.4. The topological polar surface area (TPSA) is 211 Å². The number of hydrogen-bond acceptors (Lipinski definition) is 12. The van der Waals surface area contributed by atoms with Crippen molar-refractivity contribution in [1.29, 1.82) is 10.8 Å². The second-order valence-electron chi connectivity index (χ2n) is 14.8. The van der Waals surface area contributed by atoms with Crippen LogP contribution in [0.25, 0.3) is 17.2 Å². The molecule has 0 saturated carbocycles. The summed E-state index contributed by atoms with van der Waals surface area (Å²) in [6, 6.07) is 12.2.